The van der Waals surface area contributed by atoms with Gasteiger partial charge >= 0.3 is 0 Å². The molecule has 1 aromatic rings. The van der Waals surface area contributed by atoms with Crippen molar-refractivity contribution >= 4 is 0 Å². The fraction of sp³-hybridized carbons (Fsp3) is 0.625. The Hall–Kier alpha value is -0.860. The third-order valence-electron chi connectivity index (χ3n) is 3.42. The first kappa shape index (κ1) is 15.2. The van der Waals surface area contributed by atoms with Gasteiger partial charge in [0, 0.05) is 18.6 Å². The molecule has 0 spiro atoms. The van der Waals surface area contributed by atoms with Crippen molar-refractivity contribution in [2.75, 3.05) is 19.7 Å². The normalized spacial score (nSPS) is 11.9. The lowest BCUT2D eigenvalue weighted by atomic mass is 9.94. The van der Waals surface area contributed by atoms with Gasteiger partial charge in [-0.05, 0) is 50.4 Å². The molecule has 0 heterocycles. The topological polar surface area (TPSA) is 32.3 Å². The van der Waals surface area contributed by atoms with Crippen LogP contribution in [0.5, 0.6) is 0 Å². The second-order valence-corrected chi connectivity index (χ2v) is 6.13. The Kier molecular flexibility index (Phi) is 5.36. The number of aryl methyl sites for hydroxylation is 3. The van der Waals surface area contributed by atoms with Crippen molar-refractivity contribution in [1.82, 2.24) is 5.32 Å². The number of hydrogen-bond donors (Lipinski definition) is 2. The molecule has 0 saturated carbocycles. The summed E-state index contributed by atoms with van der Waals surface area (Å²) in [6, 6.07) is 4.50. The van der Waals surface area contributed by atoms with Crippen molar-refractivity contribution in [2.24, 2.45) is 5.41 Å². The summed E-state index contributed by atoms with van der Waals surface area (Å²) in [6.07, 6.45) is 1.06. The molecule has 2 heteroatoms. The molecule has 18 heavy (non-hydrogen) atoms. The van der Waals surface area contributed by atoms with Gasteiger partial charge in [0.05, 0.1) is 0 Å². The average Bonchev–Trinajstić information content (AvgIpc) is 2.26. The predicted molar refractivity (Wildman–Crippen MR) is 78.1 cm³/mol. The van der Waals surface area contributed by atoms with E-state index in [1.807, 2.05) is 0 Å². The van der Waals surface area contributed by atoms with Crippen LogP contribution in [0.2, 0.25) is 0 Å². The molecule has 0 aliphatic carbocycles. The molecule has 2 N–H and O–H groups in total. The third-order valence-corrected chi connectivity index (χ3v) is 3.42. The first-order chi connectivity index (χ1) is 8.35. The molecule has 0 aliphatic heterocycles. The van der Waals surface area contributed by atoms with Crippen LogP contribution in [0.25, 0.3) is 0 Å². The minimum Gasteiger partial charge on any atom is -0.396 e. The van der Waals surface area contributed by atoms with Gasteiger partial charge < -0.3 is 10.4 Å². The van der Waals surface area contributed by atoms with E-state index in [9.17, 15) is 5.11 Å². The minimum absolute atomic E-state index is 0.0304. The smallest absolute Gasteiger partial charge is 0.0494 e. The van der Waals surface area contributed by atoms with E-state index in [4.69, 9.17) is 0 Å². The fourth-order valence-electron chi connectivity index (χ4n) is 2.30. The van der Waals surface area contributed by atoms with Crippen LogP contribution in [0.4, 0.5) is 0 Å². The van der Waals surface area contributed by atoms with Crippen LogP contribution < -0.4 is 5.32 Å². The van der Waals surface area contributed by atoms with Gasteiger partial charge in [0.2, 0.25) is 0 Å². The molecule has 0 aromatic heterocycles. The van der Waals surface area contributed by atoms with Crippen LogP contribution in [0.3, 0.4) is 0 Å². The molecular weight excluding hydrogens is 222 g/mol. The molecule has 0 fully saturated rings. The van der Waals surface area contributed by atoms with Crippen molar-refractivity contribution in [3.8, 4) is 0 Å². The molecule has 1 aromatic carbocycles. The summed E-state index contributed by atoms with van der Waals surface area (Å²) in [5, 5.41) is 12.6. The Morgan fingerprint density at radius 1 is 1.11 bits per heavy atom. The minimum atomic E-state index is -0.0304. The molecule has 0 bridgehead atoms. The standard InChI is InChI=1S/C16H27NO/c1-12-8-13(2)15(14(3)9-12)6-7-17-10-16(4,5)11-18/h8-9,17-18H,6-7,10-11H2,1-5H3. The molecule has 2 nitrogen and oxygen atoms in total. The lowest BCUT2D eigenvalue weighted by Crippen LogP contribution is -2.33. The van der Waals surface area contributed by atoms with Gasteiger partial charge in [-0.1, -0.05) is 31.5 Å². The van der Waals surface area contributed by atoms with E-state index in [2.05, 4.69) is 52.1 Å². The molecule has 0 saturated heterocycles. The first-order valence-electron chi connectivity index (χ1n) is 6.74. The number of benzene rings is 1. The molecule has 0 amide bonds. The van der Waals surface area contributed by atoms with Crippen molar-refractivity contribution in [1.29, 1.82) is 0 Å². The Balaban J connectivity index is 2.50. The zero-order valence-electron chi connectivity index (χ0n) is 12.4. The number of aliphatic hydroxyl groups excluding tert-OH is 1. The zero-order valence-corrected chi connectivity index (χ0v) is 12.4. The van der Waals surface area contributed by atoms with Crippen LogP contribution in [0.1, 0.15) is 36.1 Å². The molecule has 102 valence electrons. The SMILES string of the molecule is Cc1cc(C)c(CCNCC(C)(C)CO)c(C)c1. The van der Waals surface area contributed by atoms with Crippen LogP contribution >= 0.6 is 0 Å². The highest BCUT2D eigenvalue weighted by Gasteiger charge is 2.15. The van der Waals surface area contributed by atoms with E-state index in [-0.39, 0.29) is 12.0 Å². The average molecular weight is 249 g/mol. The second kappa shape index (κ2) is 6.35. The van der Waals surface area contributed by atoms with Crippen LogP contribution in [0, 0.1) is 26.2 Å². The highest BCUT2D eigenvalue weighted by Crippen LogP contribution is 2.17. The van der Waals surface area contributed by atoms with E-state index < -0.39 is 0 Å². The van der Waals surface area contributed by atoms with Crippen LogP contribution in [0.15, 0.2) is 12.1 Å². The van der Waals surface area contributed by atoms with Crippen LogP contribution in [-0.4, -0.2) is 24.8 Å². The van der Waals surface area contributed by atoms with E-state index in [1.54, 1.807) is 0 Å². The molecule has 0 radical (unpaired) electrons. The third kappa shape index (κ3) is 4.43. The van der Waals surface area contributed by atoms with Gasteiger partial charge in [-0.15, -0.1) is 0 Å². The van der Waals surface area contributed by atoms with E-state index in [0.717, 1.165) is 19.5 Å². The fourth-order valence-corrected chi connectivity index (χ4v) is 2.30. The van der Waals surface area contributed by atoms with Gasteiger partial charge in [-0.25, -0.2) is 0 Å². The van der Waals surface area contributed by atoms with Gasteiger partial charge in [-0.3, -0.25) is 0 Å². The summed E-state index contributed by atoms with van der Waals surface area (Å²) in [6.45, 7) is 12.7. The zero-order chi connectivity index (χ0) is 13.8. The van der Waals surface area contributed by atoms with Crippen molar-refractivity contribution in [3.05, 3.63) is 34.4 Å². The Morgan fingerprint density at radius 2 is 1.67 bits per heavy atom. The number of rotatable bonds is 6. The van der Waals surface area contributed by atoms with Crippen molar-refractivity contribution < 1.29 is 5.11 Å². The lowest BCUT2D eigenvalue weighted by Gasteiger charge is -2.22. The lowest BCUT2D eigenvalue weighted by molar-refractivity contribution is 0.157. The predicted octanol–water partition coefficient (Wildman–Crippen LogP) is 2.76. The Labute approximate surface area is 111 Å². The summed E-state index contributed by atoms with van der Waals surface area (Å²) >= 11 is 0. The summed E-state index contributed by atoms with van der Waals surface area (Å²) < 4.78 is 0. The second-order valence-electron chi connectivity index (χ2n) is 6.13. The van der Waals surface area contributed by atoms with E-state index in [1.165, 1.54) is 22.3 Å². The quantitative estimate of drug-likeness (QED) is 0.760. The molecule has 0 atom stereocenters. The van der Waals surface area contributed by atoms with Gasteiger partial charge in [0.25, 0.3) is 0 Å². The first-order valence-corrected chi connectivity index (χ1v) is 6.74. The molecule has 0 unspecified atom stereocenters. The summed E-state index contributed by atoms with van der Waals surface area (Å²) in [4.78, 5) is 0. The Bertz CT molecular complexity index is 373. The summed E-state index contributed by atoms with van der Waals surface area (Å²) in [5.41, 5.74) is 5.53. The number of nitrogens with one attached hydrogen (secondary N) is 1. The van der Waals surface area contributed by atoms with E-state index >= 15 is 0 Å². The van der Waals surface area contributed by atoms with Crippen molar-refractivity contribution in [3.63, 3.8) is 0 Å². The maximum atomic E-state index is 9.19. The number of aliphatic hydroxyl groups is 1. The van der Waals surface area contributed by atoms with Crippen LogP contribution in [-0.2, 0) is 6.42 Å². The largest absolute Gasteiger partial charge is 0.396 e. The molecule has 1 rings (SSSR count). The summed E-state index contributed by atoms with van der Waals surface area (Å²) in [7, 11) is 0. The van der Waals surface area contributed by atoms with E-state index in [0.29, 0.717) is 0 Å². The van der Waals surface area contributed by atoms with Gasteiger partial charge in [-0.2, -0.15) is 0 Å². The Morgan fingerprint density at radius 3 is 2.17 bits per heavy atom. The van der Waals surface area contributed by atoms with Gasteiger partial charge in [0.1, 0.15) is 0 Å². The maximum absolute atomic E-state index is 9.19. The number of hydrogen-bond acceptors (Lipinski definition) is 2. The monoisotopic (exact) mass is 249 g/mol. The molecular formula is C16H27NO. The highest BCUT2D eigenvalue weighted by molar-refractivity contribution is 5.37. The van der Waals surface area contributed by atoms with Gasteiger partial charge in [0.15, 0.2) is 0 Å². The van der Waals surface area contributed by atoms with Crippen molar-refractivity contribution in [2.45, 2.75) is 41.0 Å². The molecule has 0 aliphatic rings. The summed E-state index contributed by atoms with van der Waals surface area (Å²) in [5.74, 6) is 0. The highest BCUT2D eigenvalue weighted by atomic mass is 16.3. The maximum Gasteiger partial charge on any atom is 0.0494 e.